The molecule has 0 aromatic carbocycles. The lowest BCUT2D eigenvalue weighted by Crippen LogP contribution is -2.47. The van der Waals surface area contributed by atoms with Gasteiger partial charge in [-0.05, 0) is 13.8 Å². The molecule has 0 unspecified atom stereocenters. The molecule has 3 aliphatic heterocycles. The number of nitrogens with zero attached hydrogens (tertiary/aromatic N) is 2. The summed E-state index contributed by atoms with van der Waals surface area (Å²) in [6, 6.07) is 0. The lowest BCUT2D eigenvalue weighted by Gasteiger charge is -2.30. The van der Waals surface area contributed by atoms with Crippen LogP contribution in [0.15, 0.2) is 5.10 Å². The molecule has 2 amide bonds. The first-order valence-corrected chi connectivity index (χ1v) is 8.96. The van der Waals surface area contributed by atoms with E-state index in [1.54, 1.807) is 13.8 Å². The van der Waals surface area contributed by atoms with E-state index in [-0.39, 0.29) is 17.0 Å². The zero-order chi connectivity index (χ0) is 19.2. The van der Waals surface area contributed by atoms with E-state index in [0.29, 0.717) is 0 Å². The number of esters is 1. The van der Waals surface area contributed by atoms with Crippen molar-refractivity contribution in [1.29, 1.82) is 0 Å². The number of rotatable bonds is 2. The van der Waals surface area contributed by atoms with Crippen LogP contribution in [-0.2, 0) is 33.3 Å². The summed E-state index contributed by atoms with van der Waals surface area (Å²) < 4.78 is 22.9. The molecule has 3 aliphatic rings. The lowest BCUT2D eigenvalue weighted by atomic mass is 10.1. The third-order valence-electron chi connectivity index (χ3n) is 3.89. The number of hydrogen-bond acceptors (Lipinski definition) is 9. The minimum atomic E-state index is -0.875. The van der Waals surface area contributed by atoms with E-state index in [4.69, 9.17) is 18.9 Å². The summed E-state index contributed by atoms with van der Waals surface area (Å²) in [5, 5.41) is 7.50. The van der Waals surface area contributed by atoms with Gasteiger partial charge in [0, 0.05) is 20.8 Å². The van der Waals surface area contributed by atoms with Gasteiger partial charge in [-0.3, -0.25) is 14.4 Å². The molecular weight excluding hydrogens is 366 g/mol. The molecule has 3 heterocycles. The highest BCUT2D eigenvalue weighted by Gasteiger charge is 2.60. The first kappa shape index (κ1) is 19.1. The maximum absolute atomic E-state index is 12.0. The van der Waals surface area contributed by atoms with Crippen molar-refractivity contribution < 1.29 is 33.3 Å². The molecule has 3 rings (SSSR count). The topological polar surface area (TPSA) is 116 Å². The van der Waals surface area contributed by atoms with E-state index < -0.39 is 41.7 Å². The first-order chi connectivity index (χ1) is 12.1. The van der Waals surface area contributed by atoms with Gasteiger partial charge >= 0.3 is 5.97 Å². The van der Waals surface area contributed by atoms with Crippen molar-refractivity contribution in [3.05, 3.63) is 0 Å². The Kier molecular flexibility index (Phi) is 4.99. The molecule has 0 bridgehead atoms. The number of thioether (sulfide) groups is 1. The van der Waals surface area contributed by atoms with Gasteiger partial charge in [0.1, 0.15) is 11.5 Å². The monoisotopic (exact) mass is 387 g/mol. The predicted molar refractivity (Wildman–Crippen MR) is 89.4 cm³/mol. The summed E-state index contributed by atoms with van der Waals surface area (Å²) in [4.78, 5) is 34.9. The van der Waals surface area contributed by atoms with Crippen molar-refractivity contribution in [2.75, 3.05) is 0 Å². The zero-order valence-electron chi connectivity index (χ0n) is 15.0. The second-order valence-electron chi connectivity index (χ2n) is 6.60. The standard InChI is InChI=1S/C15H21N3O7S/c1-6(19)16-14-17-18(7(2)20)12(26-14)10-9(22-8(3)21)11-13(23-10)25-15(4,5)24-11/h9-13H,1-5H3,(H,16,17,19)/t9-,10-,11+,12-,13+/m0/s1. The molecular formula is C15H21N3O7S. The number of carbonyl (C=O) groups excluding carboxylic acids is 3. The van der Waals surface area contributed by atoms with Gasteiger partial charge in [-0.2, -0.15) is 0 Å². The number of carbonyl (C=O) groups is 3. The molecule has 144 valence electrons. The lowest BCUT2D eigenvalue weighted by molar-refractivity contribution is -0.221. The van der Waals surface area contributed by atoms with Crippen molar-refractivity contribution >= 4 is 34.7 Å². The molecule has 1 N–H and O–H groups in total. The van der Waals surface area contributed by atoms with Crippen LogP contribution in [0, 0.1) is 0 Å². The van der Waals surface area contributed by atoms with Crippen LogP contribution in [0.4, 0.5) is 0 Å². The molecule has 5 atom stereocenters. The van der Waals surface area contributed by atoms with Crippen LogP contribution in [0.5, 0.6) is 0 Å². The Morgan fingerprint density at radius 2 is 1.88 bits per heavy atom. The van der Waals surface area contributed by atoms with Crippen molar-refractivity contribution in [3.63, 3.8) is 0 Å². The average Bonchev–Trinajstić information content (AvgIpc) is 3.10. The highest BCUT2D eigenvalue weighted by atomic mass is 32.2. The Morgan fingerprint density at radius 1 is 1.19 bits per heavy atom. The van der Waals surface area contributed by atoms with Gasteiger partial charge in [0.2, 0.25) is 11.8 Å². The maximum atomic E-state index is 12.0. The number of amides is 2. The minimum absolute atomic E-state index is 0.266. The summed E-state index contributed by atoms with van der Waals surface area (Å²) in [7, 11) is 0. The van der Waals surface area contributed by atoms with Crippen molar-refractivity contribution in [2.45, 2.75) is 70.4 Å². The summed E-state index contributed by atoms with van der Waals surface area (Å²) in [6.07, 6.45) is -2.89. The summed E-state index contributed by atoms with van der Waals surface area (Å²) in [6.45, 7) is 7.45. The van der Waals surface area contributed by atoms with Crippen LogP contribution in [-0.4, -0.2) is 63.7 Å². The smallest absolute Gasteiger partial charge is 0.303 e. The fourth-order valence-electron chi connectivity index (χ4n) is 3.06. The van der Waals surface area contributed by atoms with Gasteiger partial charge < -0.3 is 24.3 Å². The van der Waals surface area contributed by atoms with Gasteiger partial charge in [-0.25, -0.2) is 5.01 Å². The average molecular weight is 387 g/mol. The molecule has 0 aromatic heterocycles. The quantitative estimate of drug-likeness (QED) is 0.665. The molecule has 26 heavy (non-hydrogen) atoms. The van der Waals surface area contributed by atoms with E-state index >= 15 is 0 Å². The Morgan fingerprint density at radius 3 is 2.46 bits per heavy atom. The van der Waals surface area contributed by atoms with Crippen molar-refractivity contribution in [2.24, 2.45) is 5.10 Å². The number of hydrazone groups is 1. The van der Waals surface area contributed by atoms with E-state index in [2.05, 4.69) is 10.4 Å². The Balaban J connectivity index is 1.83. The van der Waals surface area contributed by atoms with E-state index in [1.165, 1.54) is 25.8 Å². The van der Waals surface area contributed by atoms with Crippen LogP contribution < -0.4 is 5.32 Å². The third kappa shape index (κ3) is 3.70. The van der Waals surface area contributed by atoms with E-state index in [0.717, 1.165) is 11.8 Å². The first-order valence-electron chi connectivity index (χ1n) is 8.08. The largest absolute Gasteiger partial charge is 0.457 e. The number of fused-ring (bicyclic) bond motifs is 1. The van der Waals surface area contributed by atoms with Crippen LogP contribution in [0.1, 0.15) is 34.6 Å². The second-order valence-corrected chi connectivity index (χ2v) is 7.71. The maximum Gasteiger partial charge on any atom is 0.303 e. The van der Waals surface area contributed by atoms with Crippen LogP contribution >= 0.6 is 11.8 Å². The second kappa shape index (κ2) is 6.80. The normalized spacial score (nSPS) is 35.0. The molecule has 10 nitrogen and oxygen atoms in total. The summed E-state index contributed by atoms with van der Waals surface area (Å²) >= 11 is 1.14. The predicted octanol–water partition coefficient (Wildman–Crippen LogP) is 0.123. The van der Waals surface area contributed by atoms with Gasteiger partial charge in [-0.15, -0.1) is 5.10 Å². The zero-order valence-corrected chi connectivity index (χ0v) is 15.9. The fourth-order valence-corrected chi connectivity index (χ4v) is 4.28. The van der Waals surface area contributed by atoms with Crippen LogP contribution in [0.25, 0.3) is 0 Å². The molecule has 0 spiro atoms. The Bertz CT molecular complexity index is 668. The molecule has 2 saturated heterocycles. The number of hydrogen-bond donors (Lipinski definition) is 1. The summed E-state index contributed by atoms with van der Waals surface area (Å²) in [5.41, 5.74) is 0. The van der Waals surface area contributed by atoms with Gasteiger partial charge in [0.05, 0.1) is 0 Å². The van der Waals surface area contributed by atoms with Crippen molar-refractivity contribution in [1.82, 2.24) is 10.3 Å². The number of nitrogens with one attached hydrogen (secondary N) is 1. The Labute approximate surface area is 154 Å². The van der Waals surface area contributed by atoms with E-state index in [1.807, 2.05) is 0 Å². The van der Waals surface area contributed by atoms with Crippen LogP contribution in [0.2, 0.25) is 0 Å². The third-order valence-corrected chi connectivity index (χ3v) is 5.00. The number of amidine groups is 1. The molecule has 11 heteroatoms. The molecule has 0 aliphatic carbocycles. The van der Waals surface area contributed by atoms with Crippen LogP contribution in [0.3, 0.4) is 0 Å². The van der Waals surface area contributed by atoms with Crippen molar-refractivity contribution in [3.8, 4) is 0 Å². The fraction of sp³-hybridized carbons (Fsp3) is 0.733. The molecule has 0 saturated carbocycles. The molecule has 0 aromatic rings. The molecule has 2 fully saturated rings. The van der Waals surface area contributed by atoms with Gasteiger partial charge in [-0.1, -0.05) is 11.8 Å². The Hall–Kier alpha value is -1.69. The van der Waals surface area contributed by atoms with Gasteiger partial charge in [0.15, 0.2) is 29.5 Å². The van der Waals surface area contributed by atoms with Gasteiger partial charge in [0.25, 0.3) is 0 Å². The highest BCUT2D eigenvalue weighted by Crippen LogP contribution is 2.43. The minimum Gasteiger partial charge on any atom is -0.457 e. The summed E-state index contributed by atoms with van der Waals surface area (Å²) in [5.74, 6) is -2.03. The molecule has 0 radical (unpaired) electrons. The highest BCUT2D eigenvalue weighted by molar-refractivity contribution is 8.14. The SMILES string of the molecule is CC(=O)NC1=NN(C(C)=O)[C@H]([C@H]2O[C@@H]3OC(C)(C)O[C@@H]3[C@H]2OC(C)=O)S1. The van der Waals surface area contributed by atoms with E-state index in [9.17, 15) is 14.4 Å². The number of ether oxygens (including phenoxy) is 4.